The summed E-state index contributed by atoms with van der Waals surface area (Å²) in [4.78, 5) is 20.7. The van der Waals surface area contributed by atoms with Crippen LogP contribution in [0.4, 0.5) is 5.69 Å². The van der Waals surface area contributed by atoms with Crippen molar-refractivity contribution in [1.29, 1.82) is 0 Å². The molecule has 1 aromatic heterocycles. The number of anilines is 1. The second-order valence-electron chi connectivity index (χ2n) is 5.87. The van der Waals surface area contributed by atoms with Gasteiger partial charge in [0.15, 0.2) is 5.82 Å². The van der Waals surface area contributed by atoms with Crippen LogP contribution < -0.4 is 5.32 Å². The summed E-state index contributed by atoms with van der Waals surface area (Å²) in [5.41, 5.74) is 4.91. The van der Waals surface area contributed by atoms with E-state index in [1.807, 2.05) is 62.4 Å². The van der Waals surface area contributed by atoms with E-state index in [0.717, 1.165) is 11.1 Å². The smallest absolute Gasteiger partial charge is 0.228 e. The summed E-state index contributed by atoms with van der Waals surface area (Å²) in [5.74, 6) is 0.567. The van der Waals surface area contributed by atoms with Crippen molar-refractivity contribution in [3.63, 3.8) is 0 Å². The van der Waals surface area contributed by atoms with Crippen molar-refractivity contribution >= 4 is 11.6 Å². The molecule has 0 fully saturated rings. The third kappa shape index (κ3) is 4.04. The third-order valence-corrected chi connectivity index (χ3v) is 3.73. The maximum atomic E-state index is 12.1. The normalized spacial score (nSPS) is 10.4. The largest absolute Gasteiger partial charge is 0.323 e. The summed E-state index contributed by atoms with van der Waals surface area (Å²) >= 11 is 0. The molecule has 3 rings (SSSR count). The van der Waals surface area contributed by atoms with Crippen molar-refractivity contribution in [2.75, 3.05) is 5.32 Å². The van der Waals surface area contributed by atoms with Crippen LogP contribution >= 0.6 is 0 Å². The predicted molar refractivity (Wildman–Crippen MR) is 95.7 cm³/mol. The van der Waals surface area contributed by atoms with Gasteiger partial charge in [-0.05, 0) is 19.4 Å². The molecular formula is C20H19N3O. The second-order valence-corrected chi connectivity index (χ2v) is 5.87. The van der Waals surface area contributed by atoms with E-state index in [-0.39, 0.29) is 5.91 Å². The van der Waals surface area contributed by atoms with Gasteiger partial charge in [0.1, 0.15) is 0 Å². The Kier molecular flexibility index (Phi) is 4.66. The number of aryl methyl sites for hydroxylation is 2. The molecule has 1 amide bonds. The topological polar surface area (TPSA) is 54.9 Å². The van der Waals surface area contributed by atoms with Crippen LogP contribution in [0, 0.1) is 13.8 Å². The third-order valence-electron chi connectivity index (χ3n) is 3.73. The van der Waals surface area contributed by atoms with Gasteiger partial charge in [0, 0.05) is 5.56 Å². The molecule has 4 heteroatoms. The van der Waals surface area contributed by atoms with E-state index in [9.17, 15) is 4.79 Å². The Morgan fingerprint density at radius 1 is 0.875 bits per heavy atom. The summed E-state index contributed by atoms with van der Waals surface area (Å²) in [7, 11) is 0. The Balaban J connectivity index is 1.64. The molecule has 3 aromatic rings. The molecule has 0 unspecified atom stereocenters. The van der Waals surface area contributed by atoms with Crippen LogP contribution in [0.2, 0.25) is 0 Å². The van der Waals surface area contributed by atoms with E-state index < -0.39 is 0 Å². The van der Waals surface area contributed by atoms with Crippen molar-refractivity contribution < 1.29 is 4.79 Å². The van der Waals surface area contributed by atoms with E-state index in [4.69, 9.17) is 0 Å². The highest BCUT2D eigenvalue weighted by Crippen LogP contribution is 2.16. The van der Waals surface area contributed by atoms with E-state index in [0.29, 0.717) is 17.9 Å². The number of rotatable bonds is 4. The number of carbonyl (C=O) groups excluding carboxylic acids is 1. The lowest BCUT2D eigenvalue weighted by Gasteiger charge is -2.06. The van der Waals surface area contributed by atoms with Gasteiger partial charge in [0.25, 0.3) is 0 Å². The Hall–Kier alpha value is -3.01. The molecule has 0 atom stereocenters. The lowest BCUT2D eigenvalue weighted by atomic mass is 10.1. The maximum Gasteiger partial charge on any atom is 0.228 e. The Morgan fingerprint density at radius 3 is 2.00 bits per heavy atom. The average Bonchev–Trinajstić information content (AvgIpc) is 2.58. The molecular weight excluding hydrogens is 298 g/mol. The van der Waals surface area contributed by atoms with Crippen molar-refractivity contribution in [2.24, 2.45) is 0 Å². The number of carbonyl (C=O) groups is 1. The predicted octanol–water partition coefficient (Wildman–Crippen LogP) is 3.94. The molecule has 0 saturated heterocycles. The highest BCUT2D eigenvalue weighted by atomic mass is 16.1. The van der Waals surface area contributed by atoms with Crippen LogP contribution in [0.5, 0.6) is 0 Å². The summed E-state index contributed by atoms with van der Waals surface area (Å²) in [6, 6.07) is 16.0. The summed E-state index contributed by atoms with van der Waals surface area (Å²) in [6.45, 7) is 4.06. The fourth-order valence-corrected chi connectivity index (χ4v) is 2.34. The summed E-state index contributed by atoms with van der Waals surface area (Å²) in [6.07, 6.45) is 3.60. The highest BCUT2D eigenvalue weighted by molar-refractivity contribution is 5.92. The van der Waals surface area contributed by atoms with E-state index in [2.05, 4.69) is 15.3 Å². The van der Waals surface area contributed by atoms with E-state index >= 15 is 0 Å². The highest BCUT2D eigenvalue weighted by Gasteiger charge is 2.06. The molecule has 4 nitrogen and oxygen atoms in total. The van der Waals surface area contributed by atoms with Gasteiger partial charge in [-0.25, -0.2) is 9.97 Å². The van der Waals surface area contributed by atoms with Crippen molar-refractivity contribution in [3.05, 3.63) is 77.6 Å². The van der Waals surface area contributed by atoms with Gasteiger partial charge < -0.3 is 5.32 Å². The lowest BCUT2D eigenvalue weighted by Crippen LogP contribution is -2.14. The molecule has 2 aromatic carbocycles. The van der Waals surface area contributed by atoms with Gasteiger partial charge in [0.2, 0.25) is 5.91 Å². The molecule has 24 heavy (non-hydrogen) atoms. The molecule has 0 saturated carbocycles. The zero-order chi connectivity index (χ0) is 16.9. The van der Waals surface area contributed by atoms with Crippen LogP contribution in [0.15, 0.2) is 60.9 Å². The quantitative estimate of drug-likeness (QED) is 0.793. The van der Waals surface area contributed by atoms with Crippen LogP contribution in [-0.2, 0) is 11.2 Å². The van der Waals surface area contributed by atoms with Crippen LogP contribution in [0.1, 0.15) is 16.7 Å². The van der Waals surface area contributed by atoms with Gasteiger partial charge >= 0.3 is 0 Å². The van der Waals surface area contributed by atoms with Gasteiger partial charge in [-0.2, -0.15) is 0 Å². The second kappa shape index (κ2) is 7.04. The first-order chi connectivity index (χ1) is 11.6. The Bertz CT molecular complexity index is 822. The van der Waals surface area contributed by atoms with Crippen LogP contribution in [0.3, 0.4) is 0 Å². The lowest BCUT2D eigenvalue weighted by molar-refractivity contribution is -0.115. The molecule has 0 aliphatic carbocycles. The fraction of sp³-hybridized carbons (Fsp3) is 0.150. The molecule has 1 N–H and O–H groups in total. The molecule has 1 heterocycles. The van der Waals surface area contributed by atoms with E-state index in [1.54, 1.807) is 12.4 Å². The zero-order valence-electron chi connectivity index (χ0n) is 13.8. The Morgan fingerprint density at radius 2 is 1.42 bits per heavy atom. The summed E-state index contributed by atoms with van der Waals surface area (Å²) < 4.78 is 0. The minimum Gasteiger partial charge on any atom is -0.323 e. The first-order valence-corrected chi connectivity index (χ1v) is 7.84. The monoisotopic (exact) mass is 317 g/mol. The zero-order valence-corrected chi connectivity index (χ0v) is 13.8. The Labute approximate surface area is 141 Å². The molecule has 120 valence electrons. The van der Waals surface area contributed by atoms with Crippen LogP contribution in [-0.4, -0.2) is 15.9 Å². The van der Waals surface area contributed by atoms with Crippen LogP contribution in [0.25, 0.3) is 11.4 Å². The van der Waals surface area contributed by atoms with Gasteiger partial charge in [-0.1, -0.05) is 59.7 Å². The van der Waals surface area contributed by atoms with Crippen molar-refractivity contribution in [3.8, 4) is 11.4 Å². The van der Waals surface area contributed by atoms with Crippen molar-refractivity contribution in [2.45, 2.75) is 20.3 Å². The fourth-order valence-electron chi connectivity index (χ4n) is 2.34. The molecule has 0 aliphatic heterocycles. The molecule has 0 bridgehead atoms. The molecule has 0 radical (unpaired) electrons. The van der Waals surface area contributed by atoms with E-state index in [1.165, 1.54) is 11.1 Å². The minimum atomic E-state index is -0.0782. The SMILES string of the molecule is Cc1ccc(CC(=O)Nc2cnc(-c3ccc(C)cc3)nc2)cc1. The number of aromatic nitrogens is 2. The molecule has 0 aliphatic rings. The number of nitrogens with zero attached hydrogens (tertiary/aromatic N) is 2. The number of amides is 1. The minimum absolute atomic E-state index is 0.0782. The molecule has 0 spiro atoms. The first kappa shape index (κ1) is 15.9. The van der Waals surface area contributed by atoms with Gasteiger partial charge in [-0.15, -0.1) is 0 Å². The number of nitrogens with one attached hydrogen (secondary N) is 1. The van der Waals surface area contributed by atoms with Crippen molar-refractivity contribution in [1.82, 2.24) is 9.97 Å². The average molecular weight is 317 g/mol. The number of hydrogen-bond donors (Lipinski definition) is 1. The first-order valence-electron chi connectivity index (χ1n) is 7.84. The number of benzene rings is 2. The summed E-state index contributed by atoms with van der Waals surface area (Å²) in [5, 5.41) is 2.83. The number of hydrogen-bond acceptors (Lipinski definition) is 3. The van der Waals surface area contributed by atoms with Gasteiger partial charge in [-0.3, -0.25) is 4.79 Å². The maximum absolute atomic E-state index is 12.1. The van der Waals surface area contributed by atoms with Gasteiger partial charge in [0.05, 0.1) is 24.5 Å². The standard InChI is InChI=1S/C20H19N3O/c1-14-3-7-16(8-4-14)11-19(24)23-18-12-21-20(22-13-18)17-9-5-15(2)6-10-17/h3-10,12-13H,11H2,1-2H3,(H,23,24).